The van der Waals surface area contributed by atoms with E-state index >= 15 is 0 Å². The molecule has 3 rings (SSSR count). The van der Waals surface area contributed by atoms with E-state index in [2.05, 4.69) is 41.8 Å². The summed E-state index contributed by atoms with van der Waals surface area (Å²) in [7, 11) is -63.8. The minimum Gasteiger partial charge on any atom is -0.726 e. The molecule has 3 aliphatic rings. The van der Waals surface area contributed by atoms with Crippen LogP contribution in [-0.2, 0) is 170 Å². The van der Waals surface area contributed by atoms with Crippen molar-refractivity contribution in [3.8, 4) is 0 Å². The van der Waals surface area contributed by atoms with Gasteiger partial charge in [0.1, 0.15) is 61.0 Å². The molecule has 3 aliphatic heterocycles. The monoisotopic (exact) mass is 1670 g/mol. The van der Waals surface area contributed by atoms with Crippen molar-refractivity contribution in [2.45, 2.75) is 85.8 Å². The molecule has 434 valence electrons. The predicted octanol–water partition coefficient (Wildman–Crippen LogP) is -42.0. The molecule has 0 amide bonds. The van der Waals surface area contributed by atoms with E-state index in [1.165, 1.54) is 0 Å². The summed E-state index contributed by atoms with van der Waals surface area (Å²) in [5.41, 5.74) is 0. The number of hydrogen-bond donors (Lipinski definition) is 0. The Kier molecular flexibility index (Phi) is 66.1. The van der Waals surface area contributed by atoms with Crippen LogP contribution in [0.3, 0.4) is 0 Å². The molecule has 14 atom stereocenters. The van der Waals surface area contributed by atoms with Gasteiger partial charge in [-0.1, -0.05) is 0 Å². The first-order valence-electron chi connectivity index (χ1n) is 16.9. The molecule has 0 saturated carbocycles. The Morgan fingerprint density at radius 1 is 0.241 bits per heavy atom. The third-order valence-electron chi connectivity index (χ3n) is 8.04. The zero-order chi connectivity index (χ0) is 56.5. The summed E-state index contributed by atoms with van der Waals surface area (Å²) < 4.78 is 414. The zero-order valence-corrected chi connectivity index (χ0v) is 82.8. The van der Waals surface area contributed by atoms with Gasteiger partial charge in [-0.2, -0.15) is 0 Å². The molecule has 45 nitrogen and oxygen atoms in total. The molecule has 3 fully saturated rings. The molecule has 0 aromatic heterocycles. The summed E-state index contributed by atoms with van der Waals surface area (Å²) in [6, 6.07) is 0. The fourth-order valence-electron chi connectivity index (χ4n) is 6.03. The van der Waals surface area contributed by atoms with Crippen molar-refractivity contribution in [3.63, 3.8) is 0 Å². The Morgan fingerprint density at radius 3 is 0.723 bits per heavy atom. The molecule has 0 aromatic rings. The minimum atomic E-state index is -6.69. The van der Waals surface area contributed by atoms with Crippen molar-refractivity contribution in [1.82, 2.24) is 0 Å². The van der Waals surface area contributed by atoms with E-state index in [4.69, 9.17) is 23.7 Å². The van der Waals surface area contributed by atoms with Gasteiger partial charge in [-0.05, 0) is 0 Å². The van der Waals surface area contributed by atoms with Gasteiger partial charge in [0, 0.05) is 0 Å². The van der Waals surface area contributed by atoms with Gasteiger partial charge in [0.2, 0.25) is 104 Å². The van der Waals surface area contributed by atoms with Crippen molar-refractivity contribution in [2.75, 3.05) is 26.4 Å². The quantitative estimate of drug-likeness (QED) is 0.0399. The summed E-state index contributed by atoms with van der Waals surface area (Å²) in [5.74, 6) is 0. The first-order valence-corrected chi connectivity index (χ1v) is 30.2. The molecular formula is C18H22K10O45S10. The fraction of sp³-hybridized carbons (Fsp3) is 1.00. The Bertz CT molecular complexity index is 3140. The third-order valence-corrected chi connectivity index (χ3v) is 12.5. The molecule has 3 saturated heterocycles. The second-order valence-corrected chi connectivity index (χ2v) is 23.3. The van der Waals surface area contributed by atoms with Crippen LogP contribution in [-0.4, -0.2) is 242 Å². The SMILES string of the molecule is O=S(=O)([O-])OCC1O[C@@H](COS(=O)(=O)[O-])[C@H](OS(=O)(=O)[O-])[C@@H]1O[C@H]1O[C@H](CO[C@H]2O[C@@H](COS(=O)(=O)[O-])[C@H](OS(=O)(=O)[O-])[C@H](OS(=O)(=O)[O-])[C@H]2OS(=O)(=O)[O-])C(OS(=O)(=O)[O-])[C@H](OS(=O)(=O)[O-])[C@@H]1OS(=O)(=O)[O-].[K+].[K+].[K+].[K+].[K+].[K+].[K+].[K+].[K+].[K+]. The number of hydrogen-bond acceptors (Lipinski definition) is 45. The van der Waals surface area contributed by atoms with Crippen LogP contribution in [0.15, 0.2) is 0 Å². The molecule has 0 aliphatic carbocycles. The largest absolute Gasteiger partial charge is 1.00 e. The minimum absolute atomic E-state index is 0. The van der Waals surface area contributed by atoms with Gasteiger partial charge in [-0.3, -0.25) is 41.8 Å². The standard InChI is InChI=1S/C18H32O45S10.10K/c19-64(20,21)50-2-6-9(10(57-67(28,29)30)7(53-6)3-51-65(22,23)24)56-18-16(63-73(46,47)48)14(61-71(40,41)42)11(58-68(31,32)33)5(55-18)1-49-17-15(62-72(43,44)45)13(60-70(37,38)39)12(59-69(34,35)36)8(54-17)4-52-66(25,26)27;;;;;;;;;;/h5-18H,1-4H2,(H,19,20,21)(H,22,23,24)(H,25,26,27)(H,28,29,30)(H,31,32,33)(H,34,35,36)(H,37,38,39)(H,40,41,42)(H,43,44,45)(H,46,47,48);;;;;;;;;;/q;10*+1/p-10/t5-,6?,7+,8+,9-,10+,11?,12+,13+,14+,15-,16+,17+,18-;;;;;;;;;;/m1........../s1. The van der Waals surface area contributed by atoms with Crippen LogP contribution >= 0.6 is 0 Å². The second kappa shape index (κ2) is 48.2. The van der Waals surface area contributed by atoms with E-state index in [1.807, 2.05) is 0 Å². The van der Waals surface area contributed by atoms with Crippen LogP contribution in [0.5, 0.6) is 0 Å². The van der Waals surface area contributed by atoms with Crippen LogP contribution < -0.4 is 514 Å². The van der Waals surface area contributed by atoms with E-state index in [0.717, 1.165) is 0 Å². The van der Waals surface area contributed by atoms with E-state index in [9.17, 15) is 130 Å². The van der Waals surface area contributed by atoms with Crippen LogP contribution in [0.25, 0.3) is 0 Å². The topological polar surface area (TPSA) is 710 Å². The van der Waals surface area contributed by atoms with Crippen LogP contribution in [0, 0.1) is 0 Å². The number of ether oxygens (including phenoxy) is 5. The van der Waals surface area contributed by atoms with Crippen molar-refractivity contribution < 1.29 is 709 Å². The van der Waals surface area contributed by atoms with E-state index in [1.54, 1.807) is 0 Å². The van der Waals surface area contributed by atoms with Crippen LogP contribution in [0.1, 0.15) is 0 Å². The van der Waals surface area contributed by atoms with E-state index in [0.29, 0.717) is 0 Å². The molecule has 0 N–H and O–H groups in total. The maximum atomic E-state index is 12.0. The third kappa shape index (κ3) is 49.4. The Labute approximate surface area is 898 Å². The summed E-state index contributed by atoms with van der Waals surface area (Å²) in [4.78, 5) is 0. The van der Waals surface area contributed by atoms with Gasteiger partial charge in [0.05, 0.1) is 26.4 Å². The molecule has 0 bridgehead atoms. The first kappa shape index (κ1) is 114. The molecule has 83 heavy (non-hydrogen) atoms. The van der Waals surface area contributed by atoms with Crippen molar-refractivity contribution >= 4 is 104 Å². The summed E-state index contributed by atoms with van der Waals surface area (Å²) in [6.45, 7) is -8.09. The molecule has 3 heterocycles. The van der Waals surface area contributed by atoms with E-state index < -0.39 is 216 Å². The van der Waals surface area contributed by atoms with Crippen molar-refractivity contribution in [3.05, 3.63) is 0 Å². The average molecular weight is 1670 g/mol. The summed E-state index contributed by atoms with van der Waals surface area (Å²) >= 11 is 0. The maximum absolute atomic E-state index is 12.0. The van der Waals surface area contributed by atoms with Crippen LogP contribution in [0.4, 0.5) is 0 Å². The molecule has 65 heteroatoms. The average Bonchev–Trinajstić information content (AvgIpc) is 3.42. The smallest absolute Gasteiger partial charge is 0.726 e. The predicted molar refractivity (Wildman–Crippen MR) is 186 cm³/mol. The van der Waals surface area contributed by atoms with Crippen molar-refractivity contribution in [1.29, 1.82) is 0 Å². The second-order valence-electron chi connectivity index (χ2n) is 13.1. The van der Waals surface area contributed by atoms with Gasteiger partial charge in [-0.25, -0.2) is 84.2 Å². The van der Waals surface area contributed by atoms with E-state index in [-0.39, 0.29) is 514 Å². The van der Waals surface area contributed by atoms with Crippen LogP contribution in [0.2, 0.25) is 0 Å². The van der Waals surface area contributed by atoms with Gasteiger partial charge >= 0.3 is 514 Å². The molecule has 0 aromatic carbocycles. The van der Waals surface area contributed by atoms with Gasteiger partial charge in [0.25, 0.3) is 0 Å². The normalized spacial score (nSPS) is 28.0. The number of rotatable bonds is 28. The zero-order valence-electron chi connectivity index (χ0n) is 43.4. The van der Waals surface area contributed by atoms with Crippen molar-refractivity contribution in [2.24, 2.45) is 0 Å². The molecule has 0 spiro atoms. The molecule has 0 radical (unpaired) electrons. The van der Waals surface area contributed by atoms with Gasteiger partial charge in [0.15, 0.2) is 24.8 Å². The van der Waals surface area contributed by atoms with Gasteiger partial charge in [-0.15, -0.1) is 0 Å². The molecule has 2 unspecified atom stereocenters. The Balaban J connectivity index is -0.000000937. The summed E-state index contributed by atoms with van der Waals surface area (Å²) in [5, 5.41) is 0. The Morgan fingerprint density at radius 2 is 0.446 bits per heavy atom. The Hall–Kier alpha value is 14.9. The maximum Gasteiger partial charge on any atom is 1.00 e. The molecular weight excluding hydrogens is 1650 g/mol. The summed E-state index contributed by atoms with van der Waals surface area (Å²) in [6.07, 6.45) is -46.1. The fourth-order valence-corrected chi connectivity index (χ4v) is 10.4. The first-order chi connectivity index (χ1) is 32.4. The van der Waals surface area contributed by atoms with Gasteiger partial charge < -0.3 is 69.2 Å².